The van der Waals surface area contributed by atoms with Gasteiger partial charge in [-0.15, -0.1) is 0 Å². The standard InChI is InChI=1S/C9H16FIN/c1-12(2)6-5-9-4-3-8(10)7-11-9/h7,9H,3-6H2,1-2H3/q-1/t9-/m0/s1. The monoisotopic (exact) mass is 284 g/mol. The van der Waals surface area contributed by atoms with Crippen LogP contribution in [0.15, 0.2) is 9.91 Å². The molecule has 0 radical (unpaired) electrons. The van der Waals surface area contributed by atoms with Gasteiger partial charge in [0.15, 0.2) is 0 Å². The predicted molar refractivity (Wildman–Crippen MR) is 45.4 cm³/mol. The van der Waals surface area contributed by atoms with Crippen molar-refractivity contribution in [1.29, 1.82) is 0 Å². The summed E-state index contributed by atoms with van der Waals surface area (Å²) < 4.78 is 15.3. The Kier molecular flexibility index (Phi) is 4.50. The molecule has 1 nitrogen and oxygen atoms in total. The molecule has 1 aliphatic rings. The minimum atomic E-state index is 0.0129. The maximum absolute atomic E-state index is 12.6. The number of alkyl halides is 1. The molecule has 0 aliphatic carbocycles. The number of allylic oxidation sites excluding steroid dienone is 1. The molecule has 3 heteroatoms. The van der Waals surface area contributed by atoms with Crippen LogP contribution in [0.4, 0.5) is 4.39 Å². The zero-order chi connectivity index (χ0) is 8.97. The summed E-state index contributed by atoms with van der Waals surface area (Å²) in [6, 6.07) is 0. The molecule has 0 aromatic heterocycles. The summed E-state index contributed by atoms with van der Waals surface area (Å²) >= 11 is 0.0129. The van der Waals surface area contributed by atoms with Crippen LogP contribution in [-0.4, -0.2) is 29.5 Å². The summed E-state index contributed by atoms with van der Waals surface area (Å²) in [5.41, 5.74) is 0. The van der Waals surface area contributed by atoms with Gasteiger partial charge < -0.3 is 0 Å². The Morgan fingerprint density at radius 3 is 2.92 bits per heavy atom. The summed E-state index contributed by atoms with van der Waals surface area (Å²) in [5, 5.41) is 0. The first-order valence-corrected chi connectivity index (χ1v) is 6.79. The third-order valence-corrected chi connectivity index (χ3v) is 5.24. The zero-order valence-electron chi connectivity index (χ0n) is 7.69. The van der Waals surface area contributed by atoms with Gasteiger partial charge in [-0.2, -0.15) is 0 Å². The molecule has 0 saturated carbocycles. The van der Waals surface area contributed by atoms with Crippen molar-refractivity contribution in [2.45, 2.75) is 23.2 Å². The first kappa shape index (κ1) is 10.4. The second-order valence-electron chi connectivity index (χ2n) is 3.41. The van der Waals surface area contributed by atoms with Crippen molar-refractivity contribution in [3.63, 3.8) is 0 Å². The van der Waals surface area contributed by atoms with Crippen LogP contribution in [-0.2, 0) is 0 Å². The number of hydrogen-bond donors (Lipinski definition) is 0. The van der Waals surface area contributed by atoms with Gasteiger partial charge in [-0.1, -0.05) is 0 Å². The summed E-state index contributed by atoms with van der Waals surface area (Å²) in [6.07, 6.45) is 3.03. The van der Waals surface area contributed by atoms with Crippen LogP contribution in [0.1, 0.15) is 19.3 Å². The van der Waals surface area contributed by atoms with Gasteiger partial charge in [0.2, 0.25) is 0 Å². The van der Waals surface area contributed by atoms with E-state index in [0.29, 0.717) is 6.42 Å². The summed E-state index contributed by atoms with van der Waals surface area (Å²) in [7, 11) is 4.19. The van der Waals surface area contributed by atoms with Gasteiger partial charge >= 0.3 is 84.2 Å². The fraction of sp³-hybridized carbons (Fsp3) is 0.778. The molecular weight excluding hydrogens is 268 g/mol. The van der Waals surface area contributed by atoms with Crippen LogP contribution in [0, 0.1) is 0 Å². The Balaban J connectivity index is 2.19. The van der Waals surface area contributed by atoms with Crippen LogP contribution in [0.2, 0.25) is 0 Å². The predicted octanol–water partition coefficient (Wildman–Crippen LogP) is -1.000. The van der Waals surface area contributed by atoms with E-state index in [0.717, 1.165) is 16.9 Å². The number of rotatable bonds is 3. The number of hydrogen-bond acceptors (Lipinski definition) is 1. The van der Waals surface area contributed by atoms with Crippen molar-refractivity contribution in [3.05, 3.63) is 9.91 Å². The molecular formula is C9H16FIN-. The quantitative estimate of drug-likeness (QED) is 0.475. The minimum absolute atomic E-state index is 0.0129. The molecule has 0 amide bonds. The average Bonchev–Trinajstić information content (AvgIpc) is 2.03. The molecule has 0 N–H and O–H groups in total. The summed E-state index contributed by atoms with van der Waals surface area (Å²) in [6.45, 7) is 1.15. The molecule has 1 heterocycles. The fourth-order valence-corrected chi connectivity index (χ4v) is 3.69. The molecule has 0 spiro atoms. The van der Waals surface area contributed by atoms with Gasteiger partial charge in [-0.25, -0.2) is 0 Å². The van der Waals surface area contributed by atoms with Crippen LogP contribution in [0.25, 0.3) is 0 Å². The zero-order valence-corrected chi connectivity index (χ0v) is 9.84. The van der Waals surface area contributed by atoms with Crippen LogP contribution >= 0.6 is 0 Å². The van der Waals surface area contributed by atoms with Crippen LogP contribution in [0.5, 0.6) is 0 Å². The van der Waals surface area contributed by atoms with E-state index in [1.165, 1.54) is 6.42 Å². The topological polar surface area (TPSA) is 3.24 Å². The first-order valence-electron chi connectivity index (χ1n) is 4.29. The van der Waals surface area contributed by atoms with E-state index < -0.39 is 0 Å². The van der Waals surface area contributed by atoms with E-state index in [4.69, 9.17) is 0 Å². The normalized spacial score (nSPS) is 25.0. The molecule has 0 unspecified atom stereocenters. The first-order chi connectivity index (χ1) is 5.68. The maximum atomic E-state index is 12.6. The summed E-state index contributed by atoms with van der Waals surface area (Å²) in [4.78, 5) is 2.21. The average molecular weight is 284 g/mol. The Labute approximate surface area is 84.3 Å². The molecule has 72 valence electrons. The van der Waals surface area contributed by atoms with Crippen molar-refractivity contribution in [1.82, 2.24) is 4.90 Å². The fourth-order valence-electron chi connectivity index (χ4n) is 1.18. The Hall–Kier alpha value is 0.360. The van der Waals surface area contributed by atoms with Crippen LogP contribution in [0.3, 0.4) is 0 Å². The van der Waals surface area contributed by atoms with Gasteiger partial charge in [0.05, 0.1) is 0 Å². The third-order valence-electron chi connectivity index (χ3n) is 1.95. The van der Waals surface area contributed by atoms with Crippen molar-refractivity contribution < 1.29 is 25.6 Å². The number of halogens is 2. The van der Waals surface area contributed by atoms with Gasteiger partial charge in [0.25, 0.3) is 0 Å². The van der Waals surface area contributed by atoms with E-state index in [1.54, 1.807) is 0 Å². The summed E-state index contributed by atoms with van der Waals surface area (Å²) in [5.74, 6) is 0.143. The van der Waals surface area contributed by atoms with Gasteiger partial charge in [-0.05, 0) is 0 Å². The van der Waals surface area contributed by atoms with Crippen molar-refractivity contribution >= 4 is 0 Å². The second kappa shape index (κ2) is 5.17. The Morgan fingerprint density at radius 2 is 2.42 bits per heavy atom. The molecule has 0 bridgehead atoms. The van der Waals surface area contributed by atoms with Gasteiger partial charge in [-0.3, -0.25) is 0 Å². The molecule has 1 atom stereocenters. The molecule has 1 aliphatic heterocycles. The van der Waals surface area contributed by atoms with E-state index in [2.05, 4.69) is 19.0 Å². The molecule has 0 aromatic rings. The Bertz CT molecular complexity index is 168. The second-order valence-corrected chi connectivity index (χ2v) is 6.51. The number of nitrogens with zero attached hydrogens (tertiary/aromatic N) is 1. The van der Waals surface area contributed by atoms with Gasteiger partial charge in [0, 0.05) is 0 Å². The molecule has 12 heavy (non-hydrogen) atoms. The van der Waals surface area contributed by atoms with Crippen LogP contribution < -0.4 is 21.2 Å². The SMILES string of the molecule is CN(C)CC[C@@H]1CCC(F)=C[I-]1. The van der Waals surface area contributed by atoms with Crippen molar-refractivity contribution in [2.24, 2.45) is 0 Å². The molecule has 0 saturated heterocycles. The van der Waals surface area contributed by atoms with E-state index in [9.17, 15) is 4.39 Å². The van der Waals surface area contributed by atoms with E-state index in [1.807, 2.05) is 4.08 Å². The van der Waals surface area contributed by atoms with Gasteiger partial charge in [0.1, 0.15) is 0 Å². The van der Waals surface area contributed by atoms with Crippen molar-refractivity contribution in [3.8, 4) is 0 Å². The van der Waals surface area contributed by atoms with E-state index >= 15 is 0 Å². The molecule has 0 aromatic carbocycles. The third kappa shape index (κ3) is 3.85. The van der Waals surface area contributed by atoms with E-state index in [-0.39, 0.29) is 27.0 Å². The van der Waals surface area contributed by atoms with Crippen molar-refractivity contribution in [2.75, 3.05) is 20.6 Å². The Morgan fingerprint density at radius 1 is 1.67 bits per heavy atom. The molecule has 0 fully saturated rings. The molecule has 1 rings (SSSR count).